The Balaban J connectivity index is 3.49. The molecule has 0 saturated heterocycles. The number of nitrogens with zero attached hydrogens (tertiary/aromatic N) is 2. The van der Waals surface area contributed by atoms with Gasteiger partial charge in [-0.25, -0.2) is 4.57 Å². The van der Waals surface area contributed by atoms with E-state index in [2.05, 4.69) is 14.5 Å². The van der Waals surface area contributed by atoms with Gasteiger partial charge in [0.05, 0.1) is 6.61 Å². The van der Waals surface area contributed by atoms with Crippen LogP contribution in [0.4, 0.5) is 0 Å². The van der Waals surface area contributed by atoms with Crippen LogP contribution in [0.1, 0.15) is 19.8 Å². The van der Waals surface area contributed by atoms with E-state index in [9.17, 15) is 4.57 Å². The molecule has 0 fully saturated rings. The first-order valence-electron chi connectivity index (χ1n) is 4.19. The number of rotatable bonds is 7. The number of hydrogen-bond acceptors (Lipinski definition) is 4. The second kappa shape index (κ2) is 6.81. The molecule has 0 amide bonds. The third kappa shape index (κ3) is 9.51. The Morgan fingerprint density at radius 2 is 2.21 bits per heavy atom. The van der Waals surface area contributed by atoms with Gasteiger partial charge in [-0.2, -0.15) is 0 Å². The van der Waals surface area contributed by atoms with E-state index in [4.69, 9.17) is 15.3 Å². The second-order valence-corrected chi connectivity index (χ2v) is 4.21. The number of hydrogen-bond donors (Lipinski definition) is 3. The van der Waals surface area contributed by atoms with E-state index in [0.29, 0.717) is 13.0 Å². The van der Waals surface area contributed by atoms with Gasteiger partial charge in [-0.1, -0.05) is 6.92 Å². The minimum atomic E-state index is -4.33. The lowest BCUT2D eigenvalue weighted by molar-refractivity contribution is 0.185. The molecule has 0 aromatic carbocycles. The van der Waals surface area contributed by atoms with Crippen LogP contribution in [0.3, 0.4) is 0 Å². The van der Waals surface area contributed by atoms with E-state index in [1.165, 1.54) is 0 Å². The highest BCUT2D eigenvalue weighted by atomic mass is 31.2. The third-order valence-electron chi connectivity index (χ3n) is 1.66. The third-order valence-corrected chi connectivity index (χ3v) is 2.18. The molecule has 0 aromatic heterocycles. The van der Waals surface area contributed by atoms with Crippen molar-refractivity contribution in [3.63, 3.8) is 0 Å². The van der Waals surface area contributed by atoms with Gasteiger partial charge >= 0.3 is 7.82 Å². The zero-order valence-corrected chi connectivity index (χ0v) is 8.85. The van der Waals surface area contributed by atoms with Gasteiger partial charge in [0.2, 0.25) is 4.91 Å². The Morgan fingerprint density at radius 3 is 2.71 bits per heavy atom. The fourth-order valence-corrected chi connectivity index (χ4v) is 1.19. The maximum absolute atomic E-state index is 10.3. The van der Waals surface area contributed by atoms with Crippen LogP contribution in [0.2, 0.25) is 0 Å². The highest BCUT2D eigenvalue weighted by Gasteiger charge is 2.14. The summed E-state index contributed by atoms with van der Waals surface area (Å²) in [7, 11) is -4.33. The summed E-state index contributed by atoms with van der Waals surface area (Å²) in [6, 6.07) is 0. The van der Waals surface area contributed by atoms with Crippen LogP contribution in [0.5, 0.6) is 0 Å². The van der Waals surface area contributed by atoms with Crippen molar-refractivity contribution < 1.29 is 18.9 Å². The molecule has 0 heterocycles. The van der Waals surface area contributed by atoms with Crippen molar-refractivity contribution in [2.24, 2.45) is 11.0 Å². The van der Waals surface area contributed by atoms with E-state index in [-0.39, 0.29) is 12.5 Å². The standard InChI is InChI=1S/C6H14N3O4P/c1-6(2-4-8-9-7)3-5-13-14(10,11)12/h6-7H,2-5H2,1H3,(H-,10,11,12)/p+1. The minimum Gasteiger partial charge on any atom is -0.303 e. The Labute approximate surface area is 81.9 Å². The molecule has 0 aromatic rings. The highest BCUT2D eigenvalue weighted by molar-refractivity contribution is 7.46. The Morgan fingerprint density at radius 1 is 1.57 bits per heavy atom. The van der Waals surface area contributed by atoms with Crippen LogP contribution >= 0.6 is 7.82 Å². The zero-order valence-electron chi connectivity index (χ0n) is 7.96. The SMILES string of the molecule is CC(CCN=[N+]=N)CCOP(=O)(O)O. The van der Waals surface area contributed by atoms with E-state index >= 15 is 0 Å². The molecule has 14 heavy (non-hydrogen) atoms. The molecule has 0 spiro atoms. The number of phosphoric acid groups is 1. The molecule has 0 bridgehead atoms. The first kappa shape index (κ1) is 13.4. The maximum Gasteiger partial charge on any atom is 0.469 e. The summed E-state index contributed by atoms with van der Waals surface area (Å²) >= 11 is 0. The molecule has 1 unspecified atom stereocenters. The van der Waals surface area contributed by atoms with Gasteiger partial charge in [0.25, 0.3) is 0 Å². The molecule has 0 rings (SSSR count). The summed E-state index contributed by atoms with van der Waals surface area (Å²) in [5.41, 5.74) is 6.40. The monoisotopic (exact) mass is 224 g/mol. The van der Waals surface area contributed by atoms with Crippen LogP contribution in [0.15, 0.2) is 5.11 Å². The quantitative estimate of drug-likeness (QED) is 0.340. The van der Waals surface area contributed by atoms with Crippen LogP contribution in [-0.4, -0.2) is 22.9 Å². The summed E-state index contributed by atoms with van der Waals surface area (Å²) in [4.78, 5) is 19.6. The molecule has 0 aliphatic heterocycles. The average molecular weight is 224 g/mol. The largest absolute Gasteiger partial charge is 0.469 e. The average Bonchev–Trinajstić information content (AvgIpc) is 2.02. The summed E-state index contributed by atoms with van der Waals surface area (Å²) in [6.07, 6.45) is 1.28. The van der Waals surface area contributed by atoms with Crippen LogP contribution in [0, 0.1) is 11.4 Å². The molecule has 0 radical (unpaired) electrons. The lowest BCUT2D eigenvalue weighted by Crippen LogP contribution is -2.02. The smallest absolute Gasteiger partial charge is 0.303 e. The Hall–Kier alpha value is -0.580. The van der Waals surface area contributed by atoms with E-state index in [1.54, 1.807) is 0 Å². The van der Waals surface area contributed by atoms with E-state index in [0.717, 1.165) is 6.42 Å². The second-order valence-electron chi connectivity index (χ2n) is 2.97. The first-order chi connectivity index (χ1) is 6.45. The van der Waals surface area contributed by atoms with Gasteiger partial charge < -0.3 is 9.79 Å². The lowest BCUT2D eigenvalue weighted by atomic mass is 10.1. The van der Waals surface area contributed by atoms with Crippen molar-refractivity contribution in [2.75, 3.05) is 13.2 Å². The van der Waals surface area contributed by atoms with Crippen LogP contribution in [-0.2, 0) is 9.09 Å². The van der Waals surface area contributed by atoms with Crippen LogP contribution in [0.25, 0.3) is 0 Å². The lowest BCUT2D eigenvalue weighted by Gasteiger charge is -2.09. The summed E-state index contributed by atoms with van der Waals surface area (Å²) in [6.45, 7) is 2.41. The summed E-state index contributed by atoms with van der Waals surface area (Å²) in [5, 5.41) is 3.47. The molecular weight excluding hydrogens is 209 g/mol. The van der Waals surface area contributed by atoms with Gasteiger partial charge in [-0.3, -0.25) is 4.52 Å². The molecule has 1 atom stereocenters. The zero-order chi connectivity index (χ0) is 11.0. The molecule has 0 aliphatic rings. The van der Waals surface area contributed by atoms with Gasteiger partial charge in [-0.15, -0.1) is 0 Å². The van der Waals surface area contributed by atoms with Gasteiger partial charge in [0.1, 0.15) is 17.2 Å². The molecule has 82 valence electrons. The molecular formula is C6H15N3O4P+. The molecule has 3 N–H and O–H groups in total. The first-order valence-corrected chi connectivity index (χ1v) is 5.72. The Kier molecular flexibility index (Phi) is 6.53. The predicted molar refractivity (Wildman–Crippen MR) is 48.5 cm³/mol. The van der Waals surface area contributed by atoms with Crippen molar-refractivity contribution in [1.82, 2.24) is 4.91 Å². The van der Waals surface area contributed by atoms with E-state index < -0.39 is 7.82 Å². The fraction of sp³-hybridized carbons (Fsp3) is 1.00. The highest BCUT2D eigenvalue weighted by Crippen LogP contribution is 2.36. The maximum atomic E-state index is 10.3. The van der Waals surface area contributed by atoms with Crippen molar-refractivity contribution in [3.8, 4) is 0 Å². The summed E-state index contributed by atoms with van der Waals surface area (Å²) < 4.78 is 14.6. The predicted octanol–water partition coefficient (Wildman–Crippen LogP) is 1.06. The van der Waals surface area contributed by atoms with Crippen molar-refractivity contribution >= 4 is 7.82 Å². The van der Waals surface area contributed by atoms with Crippen molar-refractivity contribution in [3.05, 3.63) is 0 Å². The fourth-order valence-electron chi connectivity index (χ4n) is 0.845. The topological polar surface area (TPSA) is 117 Å². The molecule has 0 saturated carbocycles. The van der Waals surface area contributed by atoms with Gasteiger partial charge in [0.15, 0.2) is 0 Å². The van der Waals surface area contributed by atoms with Gasteiger partial charge in [-0.05, 0) is 18.8 Å². The van der Waals surface area contributed by atoms with Crippen molar-refractivity contribution in [2.45, 2.75) is 19.8 Å². The molecule has 0 aliphatic carbocycles. The minimum absolute atomic E-state index is 0.0312. The number of nitrogens with one attached hydrogen (secondary N) is 1. The van der Waals surface area contributed by atoms with Crippen molar-refractivity contribution in [1.29, 1.82) is 5.53 Å². The molecule has 7 nitrogen and oxygen atoms in total. The van der Waals surface area contributed by atoms with E-state index in [1.807, 2.05) is 6.92 Å². The van der Waals surface area contributed by atoms with Gasteiger partial charge in [0, 0.05) is 0 Å². The molecule has 8 heteroatoms. The number of phosphoric ester groups is 1. The summed E-state index contributed by atoms with van der Waals surface area (Å²) in [5.74, 6) is 0.243. The van der Waals surface area contributed by atoms with Crippen LogP contribution < -0.4 is 4.91 Å². The normalized spacial score (nSPS) is 13.4. The Bertz CT molecular complexity index is 247.